The van der Waals surface area contributed by atoms with Gasteiger partial charge in [-0.1, -0.05) is 13.0 Å². The molecule has 1 saturated heterocycles. The van der Waals surface area contributed by atoms with Crippen LogP contribution in [-0.4, -0.2) is 26.3 Å². The average Bonchev–Trinajstić information content (AvgIpc) is 2.38. The van der Waals surface area contributed by atoms with E-state index in [4.69, 9.17) is 9.47 Å². The molecule has 2 atom stereocenters. The van der Waals surface area contributed by atoms with Gasteiger partial charge in [-0.3, -0.25) is 0 Å². The van der Waals surface area contributed by atoms with Crippen LogP contribution < -0.4 is 10.1 Å². The van der Waals surface area contributed by atoms with Crippen molar-refractivity contribution in [2.24, 2.45) is 0 Å². The number of hydrogen-bond acceptors (Lipinski definition) is 3. The second-order valence-corrected chi connectivity index (χ2v) is 4.54. The predicted octanol–water partition coefficient (Wildman–Crippen LogP) is 2.44. The lowest BCUT2D eigenvalue weighted by molar-refractivity contribution is -0.0400. The van der Waals surface area contributed by atoms with E-state index in [2.05, 4.69) is 31.3 Å². The van der Waals surface area contributed by atoms with Crippen molar-refractivity contribution < 1.29 is 9.47 Å². The van der Waals surface area contributed by atoms with Gasteiger partial charge < -0.3 is 14.8 Å². The van der Waals surface area contributed by atoms with Gasteiger partial charge in [-0.05, 0) is 36.6 Å². The molecule has 3 nitrogen and oxygen atoms in total. The second-order valence-electron chi connectivity index (χ2n) is 4.54. The molecule has 2 unspecified atom stereocenters. The molecule has 0 spiro atoms. The smallest absolute Gasteiger partial charge is 0.121 e. The van der Waals surface area contributed by atoms with E-state index in [0.717, 1.165) is 30.8 Å². The standard InChI is InChI=1S/C14H21NO2/c1-4-12-8-15-9-14(17-12)11-5-6-13(16-3)10(2)7-11/h5-7,12,14-15H,4,8-9H2,1-3H3. The first kappa shape index (κ1) is 12.4. The highest BCUT2D eigenvalue weighted by molar-refractivity contribution is 5.37. The minimum Gasteiger partial charge on any atom is -0.496 e. The van der Waals surface area contributed by atoms with Crippen LogP contribution in [0.5, 0.6) is 5.75 Å². The summed E-state index contributed by atoms with van der Waals surface area (Å²) in [5.41, 5.74) is 2.39. The minimum absolute atomic E-state index is 0.165. The summed E-state index contributed by atoms with van der Waals surface area (Å²) in [6.07, 6.45) is 1.55. The molecule has 3 heteroatoms. The Labute approximate surface area is 103 Å². The number of morpholine rings is 1. The number of aryl methyl sites for hydroxylation is 1. The van der Waals surface area contributed by atoms with E-state index < -0.39 is 0 Å². The summed E-state index contributed by atoms with van der Waals surface area (Å²) in [6.45, 7) is 6.08. The third-order valence-electron chi connectivity index (χ3n) is 3.30. The Hall–Kier alpha value is -1.06. The fraction of sp³-hybridized carbons (Fsp3) is 0.571. The highest BCUT2D eigenvalue weighted by Gasteiger charge is 2.22. The van der Waals surface area contributed by atoms with Crippen LogP contribution in [0.25, 0.3) is 0 Å². The molecule has 0 amide bonds. The summed E-state index contributed by atoms with van der Waals surface area (Å²) in [7, 11) is 1.70. The molecule has 0 aliphatic carbocycles. The zero-order valence-electron chi connectivity index (χ0n) is 10.8. The van der Waals surface area contributed by atoms with E-state index in [-0.39, 0.29) is 6.10 Å². The van der Waals surface area contributed by atoms with Crippen LogP contribution in [0.4, 0.5) is 0 Å². The summed E-state index contributed by atoms with van der Waals surface area (Å²) in [4.78, 5) is 0. The Morgan fingerprint density at radius 3 is 2.88 bits per heavy atom. The Balaban J connectivity index is 2.13. The molecule has 1 aromatic carbocycles. The van der Waals surface area contributed by atoms with E-state index in [9.17, 15) is 0 Å². The maximum atomic E-state index is 6.05. The number of methoxy groups -OCH3 is 1. The lowest BCUT2D eigenvalue weighted by Crippen LogP contribution is -2.40. The topological polar surface area (TPSA) is 30.5 Å². The summed E-state index contributed by atoms with van der Waals surface area (Å²) >= 11 is 0. The van der Waals surface area contributed by atoms with Gasteiger partial charge in [0.05, 0.1) is 19.3 Å². The van der Waals surface area contributed by atoms with Crippen LogP contribution in [0.1, 0.15) is 30.6 Å². The van der Waals surface area contributed by atoms with E-state index >= 15 is 0 Å². The van der Waals surface area contributed by atoms with Crippen molar-refractivity contribution in [2.75, 3.05) is 20.2 Å². The second kappa shape index (κ2) is 5.52. The van der Waals surface area contributed by atoms with Crippen molar-refractivity contribution in [1.29, 1.82) is 0 Å². The van der Waals surface area contributed by atoms with Crippen LogP contribution >= 0.6 is 0 Å². The maximum absolute atomic E-state index is 6.05. The summed E-state index contributed by atoms with van der Waals surface area (Å²) in [5, 5.41) is 3.43. The number of rotatable bonds is 3. The first-order valence-corrected chi connectivity index (χ1v) is 6.25. The molecule has 1 N–H and O–H groups in total. The monoisotopic (exact) mass is 235 g/mol. The zero-order chi connectivity index (χ0) is 12.3. The van der Waals surface area contributed by atoms with Gasteiger partial charge >= 0.3 is 0 Å². The van der Waals surface area contributed by atoms with Gasteiger partial charge in [0.25, 0.3) is 0 Å². The van der Waals surface area contributed by atoms with Gasteiger partial charge in [0.2, 0.25) is 0 Å². The predicted molar refractivity (Wildman–Crippen MR) is 68.5 cm³/mol. The van der Waals surface area contributed by atoms with Crippen LogP contribution in [0.3, 0.4) is 0 Å². The van der Waals surface area contributed by atoms with Gasteiger partial charge in [0.15, 0.2) is 0 Å². The van der Waals surface area contributed by atoms with Gasteiger partial charge in [0.1, 0.15) is 5.75 Å². The van der Waals surface area contributed by atoms with E-state index in [1.807, 2.05) is 6.07 Å². The van der Waals surface area contributed by atoms with Crippen molar-refractivity contribution in [3.63, 3.8) is 0 Å². The van der Waals surface area contributed by atoms with Gasteiger partial charge in [0, 0.05) is 13.1 Å². The molecule has 1 aliphatic rings. The van der Waals surface area contributed by atoms with E-state index in [1.54, 1.807) is 7.11 Å². The molecule has 17 heavy (non-hydrogen) atoms. The Bertz CT molecular complexity index is 378. The first-order valence-electron chi connectivity index (χ1n) is 6.25. The maximum Gasteiger partial charge on any atom is 0.121 e. The summed E-state index contributed by atoms with van der Waals surface area (Å²) < 4.78 is 11.3. The third-order valence-corrected chi connectivity index (χ3v) is 3.30. The number of nitrogens with one attached hydrogen (secondary N) is 1. The van der Waals surface area contributed by atoms with Crippen LogP contribution in [-0.2, 0) is 4.74 Å². The van der Waals surface area contributed by atoms with Crippen LogP contribution in [0, 0.1) is 6.92 Å². The Morgan fingerprint density at radius 1 is 1.41 bits per heavy atom. The van der Waals surface area contributed by atoms with Crippen molar-refractivity contribution >= 4 is 0 Å². The molecule has 0 aromatic heterocycles. The van der Waals surface area contributed by atoms with Gasteiger partial charge in [-0.25, -0.2) is 0 Å². The lowest BCUT2D eigenvalue weighted by atomic mass is 10.0. The Kier molecular flexibility index (Phi) is 4.02. The quantitative estimate of drug-likeness (QED) is 0.873. The van der Waals surface area contributed by atoms with E-state index in [1.165, 1.54) is 5.56 Å². The van der Waals surface area contributed by atoms with Crippen molar-refractivity contribution in [3.8, 4) is 5.75 Å². The lowest BCUT2D eigenvalue weighted by Gasteiger charge is -2.30. The largest absolute Gasteiger partial charge is 0.496 e. The van der Waals surface area contributed by atoms with E-state index in [0.29, 0.717) is 6.10 Å². The molecule has 94 valence electrons. The van der Waals surface area contributed by atoms with Crippen LogP contribution in [0.15, 0.2) is 18.2 Å². The molecular formula is C14H21NO2. The molecule has 0 bridgehead atoms. The van der Waals surface area contributed by atoms with Crippen LogP contribution in [0.2, 0.25) is 0 Å². The highest BCUT2D eigenvalue weighted by Crippen LogP contribution is 2.26. The molecule has 1 heterocycles. The average molecular weight is 235 g/mol. The first-order chi connectivity index (χ1) is 8.24. The van der Waals surface area contributed by atoms with Crippen molar-refractivity contribution in [1.82, 2.24) is 5.32 Å². The molecule has 0 radical (unpaired) electrons. The number of ether oxygens (including phenoxy) is 2. The number of hydrogen-bond donors (Lipinski definition) is 1. The normalized spacial score (nSPS) is 24.6. The fourth-order valence-corrected chi connectivity index (χ4v) is 2.24. The van der Waals surface area contributed by atoms with Gasteiger partial charge in [-0.2, -0.15) is 0 Å². The molecule has 2 rings (SSSR count). The molecule has 0 saturated carbocycles. The fourth-order valence-electron chi connectivity index (χ4n) is 2.24. The van der Waals surface area contributed by atoms with Crippen molar-refractivity contribution in [3.05, 3.63) is 29.3 Å². The minimum atomic E-state index is 0.165. The molecule has 1 fully saturated rings. The number of benzene rings is 1. The summed E-state index contributed by atoms with van der Waals surface area (Å²) in [5.74, 6) is 0.935. The van der Waals surface area contributed by atoms with Gasteiger partial charge in [-0.15, -0.1) is 0 Å². The summed E-state index contributed by atoms with van der Waals surface area (Å²) in [6, 6.07) is 6.27. The molecular weight excluding hydrogens is 214 g/mol. The van der Waals surface area contributed by atoms with Crippen molar-refractivity contribution in [2.45, 2.75) is 32.5 Å². The SMILES string of the molecule is CCC1CNCC(c2ccc(OC)c(C)c2)O1. The zero-order valence-corrected chi connectivity index (χ0v) is 10.8. The third kappa shape index (κ3) is 2.79. The Morgan fingerprint density at radius 2 is 2.24 bits per heavy atom. The molecule has 1 aliphatic heterocycles. The molecule has 1 aromatic rings. The highest BCUT2D eigenvalue weighted by atomic mass is 16.5.